The summed E-state index contributed by atoms with van der Waals surface area (Å²) >= 11 is 2.68. The van der Waals surface area contributed by atoms with Gasteiger partial charge in [-0.3, -0.25) is 4.79 Å². The average molecular weight is 372 g/mol. The highest BCUT2D eigenvalue weighted by Gasteiger charge is 2.29. The number of thioether (sulfide) groups is 1. The van der Waals surface area contributed by atoms with E-state index in [-0.39, 0.29) is 29.0 Å². The van der Waals surface area contributed by atoms with Crippen LogP contribution in [0, 0.1) is 12.8 Å². The number of ketones is 1. The number of Topliss-reactive ketones (excluding diaryl/α,β-unsaturated/α-hetero) is 1. The van der Waals surface area contributed by atoms with Crippen LogP contribution in [0.4, 0.5) is 0 Å². The van der Waals surface area contributed by atoms with Gasteiger partial charge in [-0.15, -0.1) is 21.5 Å². The molecule has 0 amide bonds. The van der Waals surface area contributed by atoms with Crippen LogP contribution in [0.5, 0.6) is 0 Å². The Bertz CT molecular complexity index is 810. The van der Waals surface area contributed by atoms with Gasteiger partial charge in [0, 0.05) is 11.3 Å². The molecule has 0 radical (unpaired) electrons. The van der Waals surface area contributed by atoms with Crippen molar-refractivity contribution in [3.8, 4) is 0 Å². The van der Waals surface area contributed by atoms with Gasteiger partial charge in [-0.25, -0.2) is 8.42 Å². The molecule has 1 saturated heterocycles. The molecule has 0 aromatic carbocycles. The molecule has 0 unspecified atom stereocenters. The zero-order valence-corrected chi connectivity index (χ0v) is 15.0. The molecular formula is C14H16N2O4S3. The molecule has 2 aromatic heterocycles. The first kappa shape index (κ1) is 16.7. The van der Waals surface area contributed by atoms with E-state index in [1.807, 2.05) is 19.1 Å². The lowest BCUT2D eigenvalue weighted by Gasteiger charge is -2.01. The van der Waals surface area contributed by atoms with E-state index in [1.165, 1.54) is 23.1 Å². The van der Waals surface area contributed by atoms with Crippen molar-refractivity contribution in [2.75, 3.05) is 17.3 Å². The molecule has 0 aliphatic carbocycles. The summed E-state index contributed by atoms with van der Waals surface area (Å²) in [5.41, 5.74) is 0. The smallest absolute Gasteiger partial charge is 0.277 e. The number of hydrogen-bond acceptors (Lipinski definition) is 8. The van der Waals surface area contributed by atoms with Gasteiger partial charge >= 0.3 is 0 Å². The molecule has 9 heteroatoms. The van der Waals surface area contributed by atoms with Crippen molar-refractivity contribution >= 4 is 38.7 Å². The van der Waals surface area contributed by atoms with E-state index in [9.17, 15) is 13.2 Å². The number of carbonyl (C=O) groups excluding carboxylic acids is 1. The standard InChI is InChI=1S/C14H16N2O4S3/c1-9-2-3-12(22-9)11(17)7-21-14-16-15-13(20-14)6-10-4-5-23(18,19)8-10/h2-3,10H,4-8H2,1H3/t10-/m1/s1. The molecule has 0 saturated carbocycles. The van der Waals surface area contributed by atoms with Gasteiger partial charge in [-0.1, -0.05) is 11.8 Å². The van der Waals surface area contributed by atoms with Gasteiger partial charge in [-0.05, 0) is 31.4 Å². The highest BCUT2D eigenvalue weighted by atomic mass is 32.2. The number of hydrogen-bond donors (Lipinski definition) is 0. The molecule has 23 heavy (non-hydrogen) atoms. The van der Waals surface area contributed by atoms with Gasteiger partial charge < -0.3 is 4.42 Å². The van der Waals surface area contributed by atoms with Gasteiger partial charge in [-0.2, -0.15) is 0 Å². The maximum atomic E-state index is 12.0. The zero-order chi connectivity index (χ0) is 16.4. The minimum atomic E-state index is -2.90. The molecule has 3 heterocycles. The third-order valence-corrected chi connectivity index (χ3v) is 7.28. The van der Waals surface area contributed by atoms with Crippen molar-refractivity contribution in [2.24, 2.45) is 5.92 Å². The van der Waals surface area contributed by atoms with Crippen LogP contribution in [-0.2, 0) is 16.3 Å². The highest BCUT2D eigenvalue weighted by Crippen LogP contribution is 2.25. The van der Waals surface area contributed by atoms with Crippen LogP contribution in [0.3, 0.4) is 0 Å². The van der Waals surface area contributed by atoms with Crippen molar-refractivity contribution in [1.29, 1.82) is 0 Å². The predicted octanol–water partition coefficient (Wildman–Crippen LogP) is 2.39. The van der Waals surface area contributed by atoms with E-state index in [4.69, 9.17) is 4.42 Å². The molecule has 0 N–H and O–H groups in total. The summed E-state index contributed by atoms with van der Waals surface area (Å²) in [6.07, 6.45) is 1.12. The van der Waals surface area contributed by atoms with Crippen LogP contribution in [0.1, 0.15) is 26.9 Å². The molecule has 124 valence electrons. The monoisotopic (exact) mass is 372 g/mol. The summed E-state index contributed by atoms with van der Waals surface area (Å²) in [5, 5.41) is 8.20. The molecule has 3 rings (SSSR count). The first-order valence-corrected chi connectivity index (χ1v) is 10.8. The van der Waals surface area contributed by atoms with Crippen LogP contribution in [-0.4, -0.2) is 41.7 Å². The van der Waals surface area contributed by atoms with Crippen molar-refractivity contribution < 1.29 is 17.6 Å². The lowest BCUT2D eigenvalue weighted by Crippen LogP contribution is -2.07. The fraction of sp³-hybridized carbons (Fsp3) is 0.500. The predicted molar refractivity (Wildman–Crippen MR) is 88.9 cm³/mol. The number of sulfone groups is 1. The summed E-state index contributed by atoms with van der Waals surface area (Å²) < 4.78 is 28.4. The second-order valence-electron chi connectivity index (χ2n) is 5.56. The minimum absolute atomic E-state index is 0.0368. The van der Waals surface area contributed by atoms with Gasteiger partial charge in [0.25, 0.3) is 5.22 Å². The lowest BCUT2D eigenvalue weighted by atomic mass is 10.1. The third kappa shape index (κ3) is 4.42. The molecule has 6 nitrogen and oxygen atoms in total. The number of carbonyl (C=O) groups is 1. The highest BCUT2D eigenvalue weighted by molar-refractivity contribution is 7.99. The quantitative estimate of drug-likeness (QED) is 0.568. The van der Waals surface area contributed by atoms with E-state index < -0.39 is 9.84 Å². The van der Waals surface area contributed by atoms with Gasteiger partial charge in [0.05, 0.1) is 22.1 Å². The Morgan fingerprint density at radius 2 is 2.26 bits per heavy atom. The van der Waals surface area contributed by atoms with E-state index >= 15 is 0 Å². The Labute approximate surface area is 142 Å². The Kier molecular flexibility index (Phi) is 4.88. The first-order valence-electron chi connectivity index (χ1n) is 7.16. The van der Waals surface area contributed by atoms with Crippen molar-refractivity contribution in [1.82, 2.24) is 10.2 Å². The zero-order valence-electron chi connectivity index (χ0n) is 12.5. The molecule has 0 spiro atoms. The van der Waals surface area contributed by atoms with Crippen LogP contribution >= 0.6 is 23.1 Å². The number of aromatic nitrogens is 2. The average Bonchev–Trinajstić information content (AvgIpc) is 3.18. The summed E-state index contributed by atoms with van der Waals surface area (Å²) in [6.45, 7) is 1.96. The molecule has 0 bridgehead atoms. The van der Waals surface area contributed by atoms with Crippen molar-refractivity contribution in [3.05, 3.63) is 27.8 Å². The van der Waals surface area contributed by atoms with Crippen molar-refractivity contribution in [2.45, 2.75) is 25.0 Å². The second-order valence-corrected chi connectivity index (χ2v) is 10.0. The minimum Gasteiger partial charge on any atom is -0.416 e. The van der Waals surface area contributed by atoms with E-state index in [0.29, 0.717) is 24.0 Å². The largest absolute Gasteiger partial charge is 0.416 e. The molecule has 1 aliphatic heterocycles. The Hall–Kier alpha value is -1.19. The maximum absolute atomic E-state index is 12.0. The fourth-order valence-corrected chi connectivity index (χ4v) is 5.86. The molecule has 1 fully saturated rings. The van der Waals surface area contributed by atoms with Crippen LogP contribution in [0.2, 0.25) is 0 Å². The topological polar surface area (TPSA) is 90.1 Å². The second kappa shape index (κ2) is 6.74. The summed E-state index contributed by atoms with van der Waals surface area (Å²) in [5.74, 6) is 1.20. The fourth-order valence-electron chi connectivity index (χ4n) is 2.44. The lowest BCUT2D eigenvalue weighted by molar-refractivity contribution is 0.102. The van der Waals surface area contributed by atoms with Gasteiger partial charge in [0.1, 0.15) is 0 Å². The molecule has 2 aromatic rings. The van der Waals surface area contributed by atoms with Crippen molar-refractivity contribution in [3.63, 3.8) is 0 Å². The van der Waals surface area contributed by atoms with Crippen LogP contribution < -0.4 is 0 Å². The normalized spacial score (nSPS) is 20.0. The SMILES string of the molecule is Cc1ccc(C(=O)CSc2nnc(C[C@H]3CCS(=O)(=O)C3)o2)s1. The van der Waals surface area contributed by atoms with Gasteiger partial charge in [0.15, 0.2) is 15.6 Å². The third-order valence-electron chi connectivity index (χ3n) is 3.58. The number of aryl methyl sites for hydroxylation is 1. The maximum Gasteiger partial charge on any atom is 0.277 e. The van der Waals surface area contributed by atoms with E-state index in [0.717, 1.165) is 9.75 Å². The van der Waals surface area contributed by atoms with E-state index in [2.05, 4.69) is 10.2 Å². The number of rotatable bonds is 6. The van der Waals surface area contributed by atoms with Crippen LogP contribution in [0.15, 0.2) is 21.8 Å². The number of nitrogens with zero attached hydrogens (tertiary/aromatic N) is 2. The van der Waals surface area contributed by atoms with E-state index in [1.54, 1.807) is 0 Å². The van der Waals surface area contributed by atoms with Gasteiger partial charge in [0.2, 0.25) is 5.89 Å². The Morgan fingerprint density at radius 1 is 1.43 bits per heavy atom. The summed E-state index contributed by atoms with van der Waals surface area (Å²) in [4.78, 5) is 13.9. The molecule has 1 atom stereocenters. The number of thiophene rings is 1. The summed E-state index contributed by atoms with van der Waals surface area (Å²) in [6, 6.07) is 3.74. The molecule has 1 aliphatic rings. The molecular weight excluding hydrogens is 356 g/mol. The Balaban J connectivity index is 1.52. The first-order chi connectivity index (χ1) is 10.9. The van der Waals surface area contributed by atoms with Crippen LogP contribution in [0.25, 0.3) is 0 Å². The Morgan fingerprint density at radius 3 is 2.91 bits per heavy atom. The summed E-state index contributed by atoms with van der Waals surface area (Å²) in [7, 11) is -2.90.